The summed E-state index contributed by atoms with van der Waals surface area (Å²) >= 11 is 5.81. The summed E-state index contributed by atoms with van der Waals surface area (Å²) in [6.07, 6.45) is 3.06. The van der Waals surface area contributed by atoms with Crippen molar-refractivity contribution < 1.29 is 23.9 Å². The third-order valence-electron chi connectivity index (χ3n) is 4.27. The Balaban J connectivity index is 1.94. The van der Waals surface area contributed by atoms with Gasteiger partial charge in [-0.15, -0.1) is 0 Å². The Bertz CT molecular complexity index is 896. The Kier molecular flexibility index (Phi) is 7.58. The van der Waals surface area contributed by atoms with Crippen LogP contribution in [0.5, 0.6) is 0 Å². The number of carbonyl (C=O) groups excluding carboxylic acids is 3. The van der Waals surface area contributed by atoms with Crippen LogP contribution >= 0.6 is 11.6 Å². The number of hydrogen-bond acceptors (Lipinski definition) is 5. The van der Waals surface area contributed by atoms with E-state index in [2.05, 4.69) is 4.74 Å². The number of carbonyl (C=O) groups is 3. The Labute approximate surface area is 168 Å². The van der Waals surface area contributed by atoms with Crippen molar-refractivity contribution in [2.75, 3.05) is 13.7 Å². The Hall–Kier alpha value is -2.86. The molecule has 7 heteroatoms. The van der Waals surface area contributed by atoms with Gasteiger partial charge in [-0.1, -0.05) is 23.7 Å². The molecule has 0 aliphatic rings. The molecule has 2 rings (SSSR count). The quantitative estimate of drug-likeness (QED) is 0.381. The van der Waals surface area contributed by atoms with Crippen LogP contribution in [-0.2, 0) is 25.6 Å². The molecule has 0 bridgehead atoms. The van der Waals surface area contributed by atoms with Crippen LogP contribution in [0, 0.1) is 13.8 Å². The second kappa shape index (κ2) is 9.90. The highest BCUT2D eigenvalue weighted by Crippen LogP contribution is 2.17. The summed E-state index contributed by atoms with van der Waals surface area (Å²) in [5, 5.41) is 0.606. The number of ether oxygens (including phenoxy) is 2. The standard InChI is InChI=1S/C21H22ClNO5/c1-14-12-18(15(2)23(14)11-10-20(25)27-3)19(24)13-28-21(26)9-6-16-4-7-17(22)8-5-16/h4-9,12H,10-11,13H2,1-3H3/b9-6+. The van der Waals surface area contributed by atoms with Crippen LogP contribution in [0.3, 0.4) is 0 Å². The Morgan fingerprint density at radius 1 is 1.14 bits per heavy atom. The molecule has 0 saturated heterocycles. The molecular weight excluding hydrogens is 382 g/mol. The third-order valence-corrected chi connectivity index (χ3v) is 4.52. The number of nitrogens with zero attached hydrogens (tertiary/aromatic N) is 1. The van der Waals surface area contributed by atoms with Crippen LogP contribution in [0.1, 0.15) is 33.7 Å². The van der Waals surface area contributed by atoms with Crippen molar-refractivity contribution in [2.45, 2.75) is 26.8 Å². The Morgan fingerprint density at radius 3 is 2.46 bits per heavy atom. The molecule has 0 saturated carbocycles. The molecule has 28 heavy (non-hydrogen) atoms. The molecule has 0 aliphatic heterocycles. The van der Waals surface area contributed by atoms with Gasteiger partial charge in [-0.25, -0.2) is 4.79 Å². The van der Waals surface area contributed by atoms with Gasteiger partial charge in [0.1, 0.15) is 0 Å². The van der Waals surface area contributed by atoms with Gasteiger partial charge in [0, 0.05) is 34.6 Å². The number of Topliss-reactive ketones (excluding diaryl/α,β-unsaturated/α-hetero) is 1. The number of esters is 2. The lowest BCUT2D eigenvalue weighted by Gasteiger charge is -2.08. The van der Waals surface area contributed by atoms with Crippen molar-refractivity contribution >= 4 is 35.4 Å². The average Bonchev–Trinajstić information content (AvgIpc) is 2.97. The van der Waals surface area contributed by atoms with Crippen molar-refractivity contribution in [2.24, 2.45) is 0 Å². The summed E-state index contributed by atoms with van der Waals surface area (Å²) in [7, 11) is 1.34. The van der Waals surface area contributed by atoms with E-state index in [0.29, 0.717) is 17.1 Å². The minimum Gasteiger partial charge on any atom is -0.469 e. The van der Waals surface area contributed by atoms with Crippen LogP contribution in [0.4, 0.5) is 0 Å². The number of halogens is 1. The second-order valence-corrected chi connectivity index (χ2v) is 6.61. The molecule has 0 aliphatic carbocycles. The molecule has 0 N–H and O–H groups in total. The highest BCUT2D eigenvalue weighted by molar-refractivity contribution is 6.30. The predicted octanol–water partition coefficient (Wildman–Crippen LogP) is 3.76. The van der Waals surface area contributed by atoms with Crippen molar-refractivity contribution in [1.29, 1.82) is 0 Å². The van der Waals surface area contributed by atoms with Crippen LogP contribution < -0.4 is 0 Å². The molecule has 1 aromatic carbocycles. The fourth-order valence-corrected chi connectivity index (χ4v) is 2.86. The monoisotopic (exact) mass is 403 g/mol. The first-order valence-electron chi connectivity index (χ1n) is 8.69. The molecule has 148 valence electrons. The van der Waals surface area contributed by atoms with Gasteiger partial charge in [0.2, 0.25) is 5.78 Å². The van der Waals surface area contributed by atoms with Gasteiger partial charge < -0.3 is 14.0 Å². The van der Waals surface area contributed by atoms with E-state index in [1.807, 2.05) is 11.5 Å². The normalized spacial score (nSPS) is 10.9. The molecule has 0 unspecified atom stereocenters. The van der Waals surface area contributed by atoms with Gasteiger partial charge in [-0.2, -0.15) is 0 Å². The third kappa shape index (κ3) is 5.82. The number of aromatic nitrogens is 1. The molecule has 0 spiro atoms. The lowest BCUT2D eigenvalue weighted by molar-refractivity contribution is -0.141. The van der Waals surface area contributed by atoms with Gasteiger partial charge in [-0.05, 0) is 43.7 Å². The Morgan fingerprint density at radius 2 is 1.82 bits per heavy atom. The van der Waals surface area contributed by atoms with Crippen molar-refractivity contribution in [3.63, 3.8) is 0 Å². The van der Waals surface area contributed by atoms with E-state index < -0.39 is 5.97 Å². The van der Waals surface area contributed by atoms with Gasteiger partial charge in [0.25, 0.3) is 0 Å². The van der Waals surface area contributed by atoms with Crippen molar-refractivity contribution in [3.05, 3.63) is 63.9 Å². The van der Waals surface area contributed by atoms with E-state index in [9.17, 15) is 14.4 Å². The second-order valence-electron chi connectivity index (χ2n) is 6.18. The van der Waals surface area contributed by atoms with Gasteiger partial charge in [-0.3, -0.25) is 9.59 Å². The van der Waals surface area contributed by atoms with Crippen molar-refractivity contribution in [3.8, 4) is 0 Å². The number of benzene rings is 1. The van der Waals surface area contributed by atoms with Crippen LogP contribution in [0.2, 0.25) is 5.02 Å². The van der Waals surface area contributed by atoms with E-state index in [1.165, 1.54) is 13.2 Å². The zero-order valence-corrected chi connectivity index (χ0v) is 16.8. The summed E-state index contributed by atoms with van der Waals surface area (Å²) in [6.45, 7) is 3.70. The molecule has 0 amide bonds. The maximum Gasteiger partial charge on any atom is 0.331 e. The number of rotatable bonds is 8. The lowest BCUT2D eigenvalue weighted by atomic mass is 10.1. The van der Waals surface area contributed by atoms with Crippen LogP contribution in [0.25, 0.3) is 6.08 Å². The largest absolute Gasteiger partial charge is 0.469 e. The van der Waals surface area contributed by atoms with E-state index in [0.717, 1.165) is 17.0 Å². The topological polar surface area (TPSA) is 74.6 Å². The molecule has 0 radical (unpaired) electrons. The lowest BCUT2D eigenvalue weighted by Crippen LogP contribution is -2.14. The van der Waals surface area contributed by atoms with Crippen molar-refractivity contribution in [1.82, 2.24) is 4.57 Å². The summed E-state index contributed by atoms with van der Waals surface area (Å²) in [5.41, 5.74) is 2.83. The molecule has 1 heterocycles. The van der Waals surface area contributed by atoms with Crippen LogP contribution in [-0.4, -0.2) is 36.0 Å². The summed E-state index contributed by atoms with van der Waals surface area (Å²) in [5.74, 6) is -1.23. The highest BCUT2D eigenvalue weighted by Gasteiger charge is 2.17. The zero-order valence-electron chi connectivity index (χ0n) is 16.0. The number of methoxy groups -OCH3 is 1. The molecule has 0 atom stereocenters. The van der Waals surface area contributed by atoms with E-state index in [4.69, 9.17) is 16.3 Å². The molecular formula is C21H22ClNO5. The fraction of sp³-hybridized carbons (Fsp3) is 0.286. The molecule has 0 fully saturated rings. The summed E-state index contributed by atoms with van der Waals surface area (Å²) in [6, 6.07) is 8.69. The number of ketones is 1. The van der Waals surface area contributed by atoms with Crippen LogP contribution in [0.15, 0.2) is 36.4 Å². The number of hydrogen-bond donors (Lipinski definition) is 0. The molecule has 1 aromatic heterocycles. The first kappa shape index (κ1) is 21.4. The smallest absolute Gasteiger partial charge is 0.331 e. The van der Waals surface area contributed by atoms with Gasteiger partial charge in [0.15, 0.2) is 6.61 Å². The van der Waals surface area contributed by atoms with E-state index in [-0.39, 0.29) is 24.8 Å². The summed E-state index contributed by atoms with van der Waals surface area (Å²) in [4.78, 5) is 35.6. The zero-order chi connectivity index (χ0) is 20.7. The first-order valence-corrected chi connectivity index (χ1v) is 9.06. The van der Waals surface area contributed by atoms with Gasteiger partial charge >= 0.3 is 11.9 Å². The minimum atomic E-state index is -0.609. The maximum atomic E-state index is 12.4. The maximum absolute atomic E-state index is 12.4. The van der Waals surface area contributed by atoms with E-state index >= 15 is 0 Å². The first-order chi connectivity index (χ1) is 13.3. The fourth-order valence-electron chi connectivity index (χ4n) is 2.73. The molecule has 2 aromatic rings. The SMILES string of the molecule is COC(=O)CCn1c(C)cc(C(=O)COC(=O)/C=C/c2ccc(Cl)cc2)c1C. The van der Waals surface area contributed by atoms with E-state index in [1.54, 1.807) is 43.3 Å². The molecule has 6 nitrogen and oxygen atoms in total. The highest BCUT2D eigenvalue weighted by atomic mass is 35.5. The average molecular weight is 404 g/mol. The predicted molar refractivity (Wildman–Crippen MR) is 106 cm³/mol. The minimum absolute atomic E-state index is 0.213. The van der Waals surface area contributed by atoms with Gasteiger partial charge in [0.05, 0.1) is 13.5 Å². The summed E-state index contributed by atoms with van der Waals surface area (Å²) < 4.78 is 11.5. The number of aryl methyl sites for hydroxylation is 1.